The third-order valence-electron chi connectivity index (χ3n) is 1.61. The Morgan fingerprint density at radius 2 is 2.23 bits per heavy atom. The summed E-state index contributed by atoms with van der Waals surface area (Å²) in [4.78, 5) is 22.0. The Morgan fingerprint density at radius 1 is 1.62 bits per heavy atom. The maximum Gasteiger partial charge on any atom is 0.343 e. The van der Waals surface area contributed by atoms with Crippen LogP contribution in [0.15, 0.2) is 17.1 Å². The second-order valence-corrected chi connectivity index (χ2v) is 2.51. The maximum atomic E-state index is 11.0. The molecule has 5 heteroatoms. The van der Waals surface area contributed by atoms with Crippen molar-refractivity contribution in [3.63, 3.8) is 0 Å². The number of carbonyl (C=O) groups is 1. The first kappa shape index (κ1) is 9.31. The van der Waals surface area contributed by atoms with Crippen molar-refractivity contribution in [1.82, 2.24) is 4.57 Å². The molecule has 1 rings (SSSR count). The van der Waals surface area contributed by atoms with Gasteiger partial charge in [0.15, 0.2) is 0 Å². The molecule has 0 saturated heterocycles. The van der Waals surface area contributed by atoms with Crippen molar-refractivity contribution in [2.75, 3.05) is 7.11 Å². The molecule has 1 aromatic rings. The molecular formula is C8H9NO4. The third kappa shape index (κ3) is 1.69. The Bertz CT molecular complexity index is 394. The first-order chi connectivity index (χ1) is 6.06. The molecule has 1 heterocycles. The molecule has 5 nitrogen and oxygen atoms in total. The summed E-state index contributed by atoms with van der Waals surface area (Å²) in [5, 5.41) is 9.20. The average molecular weight is 183 g/mol. The van der Waals surface area contributed by atoms with Crippen LogP contribution in [0.1, 0.15) is 10.4 Å². The number of aromatic nitrogens is 1. The molecule has 0 aliphatic carbocycles. The fraction of sp³-hybridized carbons (Fsp3) is 0.250. The second kappa shape index (κ2) is 3.30. The number of aryl methyl sites for hydroxylation is 1. The number of esters is 1. The molecule has 13 heavy (non-hydrogen) atoms. The number of hydrogen-bond donors (Lipinski definition) is 1. The van der Waals surface area contributed by atoms with Crippen molar-refractivity contribution in [3.05, 3.63) is 28.2 Å². The van der Waals surface area contributed by atoms with Crippen LogP contribution in [0.3, 0.4) is 0 Å². The lowest BCUT2D eigenvalue weighted by atomic mass is 10.2. The Kier molecular flexibility index (Phi) is 2.36. The monoisotopic (exact) mass is 183 g/mol. The van der Waals surface area contributed by atoms with E-state index in [1.165, 1.54) is 24.9 Å². The summed E-state index contributed by atoms with van der Waals surface area (Å²) >= 11 is 0. The van der Waals surface area contributed by atoms with Crippen LogP contribution in [-0.4, -0.2) is 22.8 Å². The van der Waals surface area contributed by atoms with Gasteiger partial charge in [0.1, 0.15) is 11.3 Å². The quantitative estimate of drug-likeness (QED) is 0.616. The average Bonchev–Trinajstić information content (AvgIpc) is 2.10. The number of ether oxygens (including phenoxy) is 1. The van der Waals surface area contributed by atoms with Crippen LogP contribution in [0.25, 0.3) is 0 Å². The van der Waals surface area contributed by atoms with Crippen LogP contribution in [0.5, 0.6) is 5.75 Å². The van der Waals surface area contributed by atoms with E-state index in [1.54, 1.807) is 0 Å². The summed E-state index contributed by atoms with van der Waals surface area (Å²) in [6.45, 7) is 0. The molecule has 0 unspecified atom stereocenters. The van der Waals surface area contributed by atoms with E-state index in [4.69, 9.17) is 0 Å². The van der Waals surface area contributed by atoms with Gasteiger partial charge in [-0.2, -0.15) is 0 Å². The molecule has 0 saturated carbocycles. The number of nitrogens with zero attached hydrogens (tertiary/aromatic N) is 1. The lowest BCUT2D eigenvalue weighted by Crippen LogP contribution is -2.17. The van der Waals surface area contributed by atoms with Crippen molar-refractivity contribution in [3.8, 4) is 5.75 Å². The topological polar surface area (TPSA) is 68.5 Å². The fourth-order valence-corrected chi connectivity index (χ4v) is 0.887. The SMILES string of the molecule is COC(=O)c1cn(C)c(=O)cc1O. The zero-order chi connectivity index (χ0) is 10.0. The second-order valence-electron chi connectivity index (χ2n) is 2.51. The van der Waals surface area contributed by atoms with E-state index in [0.29, 0.717) is 0 Å². The number of hydrogen-bond acceptors (Lipinski definition) is 4. The van der Waals surface area contributed by atoms with E-state index < -0.39 is 5.97 Å². The Labute approximate surface area is 74.2 Å². The van der Waals surface area contributed by atoms with Crippen LogP contribution < -0.4 is 5.56 Å². The van der Waals surface area contributed by atoms with Crippen LogP contribution in [0.4, 0.5) is 0 Å². The lowest BCUT2D eigenvalue weighted by Gasteiger charge is -2.03. The molecule has 70 valence electrons. The zero-order valence-corrected chi connectivity index (χ0v) is 7.27. The van der Waals surface area contributed by atoms with Crippen molar-refractivity contribution in [2.24, 2.45) is 7.05 Å². The predicted molar refractivity (Wildman–Crippen MR) is 44.7 cm³/mol. The van der Waals surface area contributed by atoms with E-state index >= 15 is 0 Å². The van der Waals surface area contributed by atoms with E-state index in [0.717, 1.165) is 6.07 Å². The van der Waals surface area contributed by atoms with Crippen LogP contribution >= 0.6 is 0 Å². The standard InChI is InChI=1S/C8H9NO4/c1-9-4-5(8(12)13-2)6(10)3-7(9)11/h3-4,10H,1-2H3. The minimum atomic E-state index is -0.673. The van der Waals surface area contributed by atoms with Crippen molar-refractivity contribution in [2.45, 2.75) is 0 Å². The first-order valence-corrected chi connectivity index (χ1v) is 3.54. The molecular weight excluding hydrogens is 174 g/mol. The largest absolute Gasteiger partial charge is 0.507 e. The normalized spacial score (nSPS) is 9.69. The smallest absolute Gasteiger partial charge is 0.343 e. The van der Waals surface area contributed by atoms with Crippen molar-refractivity contribution < 1.29 is 14.6 Å². The van der Waals surface area contributed by atoms with Gasteiger partial charge in [0.25, 0.3) is 5.56 Å². The van der Waals surface area contributed by atoms with Gasteiger partial charge in [-0.15, -0.1) is 0 Å². The van der Waals surface area contributed by atoms with Crippen LogP contribution in [-0.2, 0) is 11.8 Å². The van der Waals surface area contributed by atoms with Gasteiger partial charge in [-0.05, 0) is 0 Å². The molecule has 0 spiro atoms. The Hall–Kier alpha value is -1.78. The van der Waals surface area contributed by atoms with E-state index in [9.17, 15) is 14.7 Å². The Balaban J connectivity index is 3.31. The highest BCUT2D eigenvalue weighted by Gasteiger charge is 2.12. The minimum Gasteiger partial charge on any atom is -0.507 e. The van der Waals surface area contributed by atoms with Gasteiger partial charge in [-0.25, -0.2) is 4.79 Å². The molecule has 0 amide bonds. The van der Waals surface area contributed by atoms with Gasteiger partial charge in [0.05, 0.1) is 7.11 Å². The molecule has 0 aliphatic heterocycles. The summed E-state index contributed by atoms with van der Waals surface area (Å²) in [5.74, 6) is -1.04. The maximum absolute atomic E-state index is 11.0. The number of methoxy groups -OCH3 is 1. The van der Waals surface area contributed by atoms with Crippen molar-refractivity contribution in [1.29, 1.82) is 0 Å². The molecule has 0 fully saturated rings. The van der Waals surface area contributed by atoms with Crippen LogP contribution in [0.2, 0.25) is 0 Å². The molecule has 0 aliphatic rings. The Morgan fingerprint density at radius 3 is 2.77 bits per heavy atom. The summed E-state index contributed by atoms with van der Waals surface area (Å²) in [7, 11) is 2.68. The number of aromatic hydroxyl groups is 1. The van der Waals surface area contributed by atoms with Gasteiger partial charge >= 0.3 is 5.97 Å². The van der Waals surface area contributed by atoms with Crippen molar-refractivity contribution >= 4 is 5.97 Å². The molecule has 0 aromatic carbocycles. The summed E-state index contributed by atoms with van der Waals surface area (Å²) in [6.07, 6.45) is 1.23. The fourth-order valence-electron chi connectivity index (χ4n) is 0.887. The molecule has 0 radical (unpaired) electrons. The number of pyridine rings is 1. The number of rotatable bonds is 1. The van der Waals surface area contributed by atoms with Gasteiger partial charge < -0.3 is 14.4 Å². The zero-order valence-electron chi connectivity index (χ0n) is 7.27. The van der Waals surface area contributed by atoms with E-state index in [1.807, 2.05) is 0 Å². The highest BCUT2D eigenvalue weighted by atomic mass is 16.5. The molecule has 1 aromatic heterocycles. The highest BCUT2D eigenvalue weighted by Crippen LogP contribution is 2.13. The van der Waals surface area contributed by atoms with Gasteiger partial charge in [0, 0.05) is 19.3 Å². The molecule has 0 bridgehead atoms. The minimum absolute atomic E-state index is 0.0235. The molecule has 0 atom stereocenters. The van der Waals surface area contributed by atoms with Gasteiger partial charge in [-0.3, -0.25) is 4.79 Å². The summed E-state index contributed by atoms with van der Waals surface area (Å²) in [5.41, 5.74) is -0.408. The number of carbonyl (C=O) groups excluding carboxylic acids is 1. The van der Waals surface area contributed by atoms with Crippen LogP contribution in [0, 0.1) is 0 Å². The predicted octanol–water partition coefficient (Wildman–Crippen LogP) is -0.122. The van der Waals surface area contributed by atoms with E-state index in [2.05, 4.69) is 4.74 Å². The highest BCUT2D eigenvalue weighted by molar-refractivity contribution is 5.91. The summed E-state index contributed by atoms with van der Waals surface area (Å²) in [6, 6.07) is 0.965. The van der Waals surface area contributed by atoms with E-state index in [-0.39, 0.29) is 16.9 Å². The third-order valence-corrected chi connectivity index (χ3v) is 1.61. The van der Waals surface area contributed by atoms with Gasteiger partial charge in [-0.1, -0.05) is 0 Å². The molecule has 1 N–H and O–H groups in total. The van der Waals surface area contributed by atoms with Gasteiger partial charge in [0.2, 0.25) is 0 Å². The lowest BCUT2D eigenvalue weighted by molar-refractivity contribution is 0.0596. The summed E-state index contributed by atoms with van der Waals surface area (Å²) < 4.78 is 5.58. The first-order valence-electron chi connectivity index (χ1n) is 3.54.